The minimum absolute atomic E-state index is 0.101. The van der Waals surface area contributed by atoms with Crippen molar-refractivity contribution in [3.8, 4) is 0 Å². The molecule has 1 atom stereocenters. The molecule has 3 rings (SSSR count). The van der Waals surface area contributed by atoms with E-state index in [1.807, 2.05) is 38.3 Å². The molecular formula is C18H26N6O. The highest BCUT2D eigenvalue weighted by molar-refractivity contribution is 5.95. The maximum atomic E-state index is 12.8. The third-order valence-electron chi connectivity index (χ3n) is 4.84. The van der Waals surface area contributed by atoms with Gasteiger partial charge < -0.3 is 10.2 Å². The number of amides is 1. The molecule has 0 aromatic carbocycles. The first-order valence-electron chi connectivity index (χ1n) is 8.85. The number of hydrogen-bond acceptors (Lipinski definition) is 5. The molecule has 1 fully saturated rings. The Balaban J connectivity index is 1.60. The lowest BCUT2D eigenvalue weighted by atomic mass is 9.95. The van der Waals surface area contributed by atoms with Crippen molar-refractivity contribution in [1.29, 1.82) is 0 Å². The number of carbonyl (C=O) groups excluding carboxylic acids is 1. The third-order valence-corrected chi connectivity index (χ3v) is 4.84. The summed E-state index contributed by atoms with van der Waals surface area (Å²) in [6, 6.07) is 0. The molecule has 2 aromatic rings. The molecule has 0 aliphatic carbocycles. The van der Waals surface area contributed by atoms with Crippen LogP contribution >= 0.6 is 0 Å². The lowest BCUT2D eigenvalue weighted by Gasteiger charge is -2.20. The Labute approximate surface area is 148 Å². The molecule has 134 valence electrons. The zero-order valence-corrected chi connectivity index (χ0v) is 15.2. The molecule has 1 amide bonds. The summed E-state index contributed by atoms with van der Waals surface area (Å²) in [5, 5.41) is 7.27. The summed E-state index contributed by atoms with van der Waals surface area (Å²) >= 11 is 0. The molecule has 7 nitrogen and oxygen atoms in total. The van der Waals surface area contributed by atoms with E-state index in [0.29, 0.717) is 5.92 Å². The number of hydrogen-bond donors (Lipinski definition) is 1. The first kappa shape index (κ1) is 17.4. The van der Waals surface area contributed by atoms with Gasteiger partial charge in [-0.15, -0.1) is 0 Å². The van der Waals surface area contributed by atoms with Gasteiger partial charge in [0, 0.05) is 33.4 Å². The molecular weight excluding hydrogens is 316 g/mol. The first-order valence-corrected chi connectivity index (χ1v) is 8.85. The Morgan fingerprint density at radius 3 is 2.76 bits per heavy atom. The van der Waals surface area contributed by atoms with Crippen LogP contribution in [0.15, 0.2) is 18.6 Å². The van der Waals surface area contributed by atoms with E-state index in [2.05, 4.69) is 20.4 Å². The second-order valence-corrected chi connectivity index (χ2v) is 6.74. The molecule has 3 heterocycles. The van der Waals surface area contributed by atoms with Crippen molar-refractivity contribution in [2.24, 2.45) is 13.0 Å². The molecule has 1 saturated heterocycles. The van der Waals surface area contributed by atoms with Gasteiger partial charge in [-0.25, -0.2) is 4.98 Å². The van der Waals surface area contributed by atoms with Gasteiger partial charge >= 0.3 is 0 Å². The van der Waals surface area contributed by atoms with Crippen molar-refractivity contribution in [3.63, 3.8) is 0 Å². The van der Waals surface area contributed by atoms with Crippen LogP contribution in [0.5, 0.6) is 0 Å². The van der Waals surface area contributed by atoms with Crippen molar-refractivity contribution in [1.82, 2.24) is 24.6 Å². The minimum Gasteiger partial charge on any atom is -0.372 e. The lowest BCUT2D eigenvalue weighted by Crippen LogP contribution is -2.32. The molecule has 7 heteroatoms. The third kappa shape index (κ3) is 4.15. The van der Waals surface area contributed by atoms with Gasteiger partial charge in [-0.1, -0.05) is 0 Å². The molecule has 0 radical (unpaired) electrons. The standard InChI is InChI=1S/C18H26N6O/c1-13-16(12-23(3)22-13)18(25)24-7-4-5-14(6-8-24)9-15-10-21-17(19-2)11-20-15/h10-12,14H,4-9H2,1-3H3,(H,19,21)/t14-/m1/s1. The van der Waals surface area contributed by atoms with Crippen LogP contribution in [0.25, 0.3) is 0 Å². The summed E-state index contributed by atoms with van der Waals surface area (Å²) in [7, 11) is 3.69. The van der Waals surface area contributed by atoms with Gasteiger partial charge in [0.1, 0.15) is 5.82 Å². The normalized spacial score (nSPS) is 18.0. The van der Waals surface area contributed by atoms with E-state index in [4.69, 9.17) is 0 Å². The number of aromatic nitrogens is 4. The molecule has 0 spiro atoms. The Morgan fingerprint density at radius 1 is 1.28 bits per heavy atom. The van der Waals surface area contributed by atoms with E-state index in [-0.39, 0.29) is 5.91 Å². The molecule has 25 heavy (non-hydrogen) atoms. The van der Waals surface area contributed by atoms with E-state index in [9.17, 15) is 4.79 Å². The number of rotatable bonds is 4. The number of anilines is 1. The summed E-state index contributed by atoms with van der Waals surface area (Å²) in [4.78, 5) is 23.5. The Bertz CT molecular complexity index is 724. The molecule has 0 saturated carbocycles. The predicted octanol–water partition coefficient (Wildman–Crippen LogP) is 2.05. The largest absolute Gasteiger partial charge is 0.372 e. The number of nitrogens with one attached hydrogen (secondary N) is 1. The fraction of sp³-hybridized carbons (Fsp3) is 0.556. The van der Waals surface area contributed by atoms with Crippen molar-refractivity contribution in [2.45, 2.75) is 32.6 Å². The Morgan fingerprint density at radius 2 is 2.12 bits per heavy atom. The molecule has 2 aromatic heterocycles. The van der Waals surface area contributed by atoms with Crippen molar-refractivity contribution in [2.75, 3.05) is 25.5 Å². The smallest absolute Gasteiger partial charge is 0.257 e. The molecule has 1 N–H and O–H groups in total. The van der Waals surface area contributed by atoms with Crippen LogP contribution < -0.4 is 5.32 Å². The van der Waals surface area contributed by atoms with Gasteiger partial charge in [-0.05, 0) is 38.5 Å². The highest BCUT2D eigenvalue weighted by Crippen LogP contribution is 2.22. The van der Waals surface area contributed by atoms with E-state index in [0.717, 1.165) is 61.5 Å². The van der Waals surface area contributed by atoms with Crippen LogP contribution in [0.1, 0.15) is 41.0 Å². The molecule has 1 aliphatic heterocycles. The summed E-state index contributed by atoms with van der Waals surface area (Å²) in [5.74, 6) is 1.43. The average Bonchev–Trinajstić information content (AvgIpc) is 2.81. The number of aryl methyl sites for hydroxylation is 2. The van der Waals surface area contributed by atoms with Gasteiger partial charge in [0.25, 0.3) is 5.91 Å². The maximum absolute atomic E-state index is 12.8. The van der Waals surface area contributed by atoms with E-state index >= 15 is 0 Å². The quantitative estimate of drug-likeness (QED) is 0.920. The minimum atomic E-state index is 0.101. The zero-order chi connectivity index (χ0) is 17.8. The van der Waals surface area contributed by atoms with Crippen molar-refractivity contribution in [3.05, 3.63) is 35.5 Å². The maximum Gasteiger partial charge on any atom is 0.257 e. The molecule has 0 unspecified atom stereocenters. The number of likely N-dealkylation sites (tertiary alicyclic amines) is 1. The van der Waals surface area contributed by atoms with Crippen LogP contribution in [0.4, 0.5) is 5.82 Å². The molecule has 0 bridgehead atoms. The van der Waals surface area contributed by atoms with Crippen LogP contribution in [-0.4, -0.2) is 50.7 Å². The fourth-order valence-electron chi connectivity index (χ4n) is 3.44. The zero-order valence-electron chi connectivity index (χ0n) is 15.2. The van der Waals surface area contributed by atoms with E-state index in [1.54, 1.807) is 10.9 Å². The highest BCUT2D eigenvalue weighted by atomic mass is 16.2. The van der Waals surface area contributed by atoms with Gasteiger partial charge in [0.2, 0.25) is 0 Å². The van der Waals surface area contributed by atoms with E-state index < -0.39 is 0 Å². The fourth-order valence-corrected chi connectivity index (χ4v) is 3.44. The number of carbonyl (C=O) groups is 1. The van der Waals surface area contributed by atoms with Crippen molar-refractivity contribution >= 4 is 11.7 Å². The Kier molecular flexibility index (Phi) is 5.31. The van der Waals surface area contributed by atoms with Crippen LogP contribution in [0, 0.1) is 12.8 Å². The van der Waals surface area contributed by atoms with Gasteiger partial charge in [0.15, 0.2) is 0 Å². The monoisotopic (exact) mass is 342 g/mol. The van der Waals surface area contributed by atoms with Crippen molar-refractivity contribution < 1.29 is 4.79 Å². The molecule has 1 aliphatic rings. The van der Waals surface area contributed by atoms with Gasteiger partial charge in [-0.2, -0.15) is 5.10 Å². The SMILES string of the molecule is CNc1cnc(C[C@@H]2CCCN(C(=O)c3cn(C)nc3C)CC2)cn1. The average molecular weight is 342 g/mol. The summed E-state index contributed by atoms with van der Waals surface area (Å²) in [6.07, 6.45) is 9.50. The van der Waals surface area contributed by atoms with Crippen LogP contribution in [0.3, 0.4) is 0 Å². The van der Waals surface area contributed by atoms with Gasteiger partial charge in [-0.3, -0.25) is 14.5 Å². The summed E-state index contributed by atoms with van der Waals surface area (Å²) < 4.78 is 1.71. The Hall–Kier alpha value is -2.44. The summed E-state index contributed by atoms with van der Waals surface area (Å²) in [6.45, 7) is 3.50. The second kappa shape index (κ2) is 7.63. The van der Waals surface area contributed by atoms with Crippen LogP contribution in [-0.2, 0) is 13.5 Å². The predicted molar refractivity (Wildman–Crippen MR) is 96.5 cm³/mol. The van der Waals surface area contributed by atoms with Crippen LogP contribution in [0.2, 0.25) is 0 Å². The first-order chi connectivity index (χ1) is 12.1. The number of nitrogens with zero attached hydrogens (tertiary/aromatic N) is 5. The summed E-state index contributed by atoms with van der Waals surface area (Å²) in [5.41, 5.74) is 2.54. The second-order valence-electron chi connectivity index (χ2n) is 6.74. The lowest BCUT2D eigenvalue weighted by molar-refractivity contribution is 0.0759. The topological polar surface area (TPSA) is 75.9 Å². The highest BCUT2D eigenvalue weighted by Gasteiger charge is 2.24. The van der Waals surface area contributed by atoms with Gasteiger partial charge in [0.05, 0.1) is 29.3 Å². The van der Waals surface area contributed by atoms with E-state index in [1.165, 1.54) is 0 Å².